The first-order valence-corrected chi connectivity index (χ1v) is 7.62. The van der Waals surface area contributed by atoms with Gasteiger partial charge in [0.15, 0.2) is 0 Å². The van der Waals surface area contributed by atoms with Crippen molar-refractivity contribution in [3.05, 3.63) is 54.6 Å². The molecule has 0 atom stereocenters. The van der Waals surface area contributed by atoms with Crippen molar-refractivity contribution in [1.82, 2.24) is 10.2 Å². The number of hydrogen-bond donors (Lipinski definition) is 2. The lowest BCUT2D eigenvalue weighted by Gasteiger charge is -2.11. The lowest BCUT2D eigenvalue weighted by atomic mass is 10.3. The van der Waals surface area contributed by atoms with Gasteiger partial charge in [-0.3, -0.25) is 4.79 Å². The third kappa shape index (κ3) is 6.50. The number of benzene rings is 2. The van der Waals surface area contributed by atoms with Crippen molar-refractivity contribution in [2.45, 2.75) is 0 Å². The molecular formula is C18H23N3O2. The van der Waals surface area contributed by atoms with Crippen LogP contribution in [0.5, 0.6) is 11.5 Å². The van der Waals surface area contributed by atoms with E-state index in [2.05, 4.69) is 15.5 Å². The van der Waals surface area contributed by atoms with Gasteiger partial charge in [-0.25, -0.2) is 0 Å². The summed E-state index contributed by atoms with van der Waals surface area (Å²) < 4.78 is 5.71. The highest BCUT2D eigenvalue weighted by Crippen LogP contribution is 2.22. The normalized spacial score (nSPS) is 10.6. The van der Waals surface area contributed by atoms with E-state index < -0.39 is 0 Å². The van der Waals surface area contributed by atoms with Crippen LogP contribution in [0, 0.1) is 0 Å². The van der Waals surface area contributed by atoms with Gasteiger partial charge in [0.05, 0.1) is 6.54 Å². The molecule has 122 valence electrons. The van der Waals surface area contributed by atoms with Gasteiger partial charge in [0.25, 0.3) is 0 Å². The first kappa shape index (κ1) is 17.0. The summed E-state index contributed by atoms with van der Waals surface area (Å²) in [5.41, 5.74) is 0.754. The molecule has 23 heavy (non-hydrogen) atoms. The molecule has 2 rings (SSSR count). The fourth-order valence-corrected chi connectivity index (χ4v) is 1.94. The minimum absolute atomic E-state index is 0.0551. The average Bonchev–Trinajstić information content (AvgIpc) is 2.54. The van der Waals surface area contributed by atoms with Gasteiger partial charge in [-0.15, -0.1) is 0 Å². The van der Waals surface area contributed by atoms with Crippen LogP contribution in [0.1, 0.15) is 0 Å². The molecule has 2 N–H and O–H groups in total. The second kappa shape index (κ2) is 8.92. The molecule has 0 unspecified atom stereocenters. The van der Waals surface area contributed by atoms with Gasteiger partial charge in [-0.2, -0.15) is 0 Å². The Morgan fingerprint density at radius 3 is 2.30 bits per heavy atom. The molecule has 1 amide bonds. The van der Waals surface area contributed by atoms with Crippen LogP contribution >= 0.6 is 0 Å². The molecule has 0 heterocycles. The fraction of sp³-hybridized carbons (Fsp3) is 0.278. The highest BCUT2D eigenvalue weighted by molar-refractivity contribution is 5.92. The van der Waals surface area contributed by atoms with Crippen molar-refractivity contribution < 1.29 is 9.53 Å². The second-order valence-electron chi connectivity index (χ2n) is 5.47. The predicted molar refractivity (Wildman–Crippen MR) is 93.0 cm³/mol. The van der Waals surface area contributed by atoms with Crippen LogP contribution in [0.2, 0.25) is 0 Å². The predicted octanol–water partition coefficient (Wildman–Crippen LogP) is 2.57. The van der Waals surface area contributed by atoms with Crippen LogP contribution in [0.3, 0.4) is 0 Å². The van der Waals surface area contributed by atoms with Crippen LogP contribution < -0.4 is 15.4 Å². The van der Waals surface area contributed by atoms with Crippen LogP contribution in [-0.4, -0.2) is 44.5 Å². The van der Waals surface area contributed by atoms with Gasteiger partial charge in [0.1, 0.15) is 11.5 Å². The zero-order valence-electron chi connectivity index (χ0n) is 13.6. The van der Waals surface area contributed by atoms with Crippen molar-refractivity contribution in [2.75, 3.05) is 39.0 Å². The van der Waals surface area contributed by atoms with Crippen LogP contribution in [0.15, 0.2) is 54.6 Å². The highest BCUT2D eigenvalue weighted by Gasteiger charge is 2.03. The first-order chi connectivity index (χ1) is 11.1. The Morgan fingerprint density at radius 2 is 1.65 bits per heavy atom. The zero-order chi connectivity index (χ0) is 16.5. The third-order valence-electron chi connectivity index (χ3n) is 3.14. The molecule has 0 aliphatic rings. The molecule has 0 fully saturated rings. The van der Waals surface area contributed by atoms with Crippen molar-refractivity contribution >= 4 is 11.6 Å². The largest absolute Gasteiger partial charge is 0.457 e. The van der Waals surface area contributed by atoms with Gasteiger partial charge in [-0.1, -0.05) is 18.2 Å². The Bertz CT molecular complexity index is 597. The molecule has 5 heteroatoms. The summed E-state index contributed by atoms with van der Waals surface area (Å²) in [5.74, 6) is 1.47. The molecule has 0 saturated heterocycles. The summed E-state index contributed by atoms with van der Waals surface area (Å²) in [5, 5.41) is 5.95. The number of hydrogen-bond acceptors (Lipinski definition) is 4. The number of carbonyl (C=O) groups is 1. The molecule has 2 aromatic carbocycles. The van der Waals surface area contributed by atoms with E-state index >= 15 is 0 Å². The maximum Gasteiger partial charge on any atom is 0.238 e. The Balaban J connectivity index is 1.77. The monoisotopic (exact) mass is 313 g/mol. The van der Waals surface area contributed by atoms with Crippen LogP contribution in [0.25, 0.3) is 0 Å². The lowest BCUT2D eigenvalue weighted by molar-refractivity contribution is -0.115. The number of rotatable bonds is 8. The summed E-state index contributed by atoms with van der Waals surface area (Å²) >= 11 is 0. The first-order valence-electron chi connectivity index (χ1n) is 7.62. The minimum Gasteiger partial charge on any atom is -0.457 e. The molecule has 0 radical (unpaired) electrons. The number of nitrogens with one attached hydrogen (secondary N) is 2. The molecule has 0 aliphatic heterocycles. The van der Waals surface area contributed by atoms with Gasteiger partial charge in [0.2, 0.25) is 5.91 Å². The van der Waals surface area contributed by atoms with E-state index in [1.807, 2.05) is 68.7 Å². The molecular weight excluding hydrogens is 290 g/mol. The third-order valence-corrected chi connectivity index (χ3v) is 3.14. The molecule has 2 aromatic rings. The second-order valence-corrected chi connectivity index (χ2v) is 5.47. The van der Waals surface area contributed by atoms with E-state index in [0.29, 0.717) is 6.54 Å². The Kier molecular flexibility index (Phi) is 6.59. The quantitative estimate of drug-likeness (QED) is 0.736. The van der Waals surface area contributed by atoms with Crippen molar-refractivity contribution in [3.8, 4) is 11.5 Å². The van der Waals surface area contributed by atoms with Crippen LogP contribution in [-0.2, 0) is 4.79 Å². The number of ether oxygens (including phenoxy) is 1. The van der Waals surface area contributed by atoms with E-state index in [4.69, 9.17) is 4.74 Å². The summed E-state index contributed by atoms with van der Waals surface area (Å²) in [4.78, 5) is 13.9. The SMILES string of the molecule is CN(C)CCNCC(=O)Nc1ccc(Oc2ccccc2)cc1. The number of para-hydroxylation sites is 1. The number of amides is 1. The molecule has 5 nitrogen and oxygen atoms in total. The fourth-order valence-electron chi connectivity index (χ4n) is 1.94. The number of anilines is 1. The molecule has 0 aromatic heterocycles. The Labute approximate surface area is 137 Å². The smallest absolute Gasteiger partial charge is 0.238 e. The summed E-state index contributed by atoms with van der Waals surface area (Å²) in [7, 11) is 4.00. The van der Waals surface area contributed by atoms with Crippen molar-refractivity contribution in [3.63, 3.8) is 0 Å². The van der Waals surface area contributed by atoms with Gasteiger partial charge >= 0.3 is 0 Å². The molecule has 0 spiro atoms. The van der Waals surface area contributed by atoms with Crippen LogP contribution in [0.4, 0.5) is 5.69 Å². The van der Waals surface area contributed by atoms with Crippen molar-refractivity contribution in [1.29, 1.82) is 0 Å². The average molecular weight is 313 g/mol. The minimum atomic E-state index is -0.0551. The van der Waals surface area contributed by atoms with Gasteiger partial charge in [-0.05, 0) is 50.5 Å². The van der Waals surface area contributed by atoms with E-state index in [1.54, 1.807) is 0 Å². The summed E-state index contributed by atoms with van der Waals surface area (Å²) in [6.07, 6.45) is 0. The van der Waals surface area contributed by atoms with E-state index in [-0.39, 0.29) is 5.91 Å². The highest BCUT2D eigenvalue weighted by atomic mass is 16.5. The maximum atomic E-state index is 11.8. The lowest BCUT2D eigenvalue weighted by Crippen LogP contribution is -2.33. The number of nitrogens with zero attached hydrogens (tertiary/aromatic N) is 1. The topological polar surface area (TPSA) is 53.6 Å². The van der Waals surface area contributed by atoms with E-state index in [1.165, 1.54) is 0 Å². The molecule has 0 saturated carbocycles. The zero-order valence-corrected chi connectivity index (χ0v) is 13.6. The van der Waals surface area contributed by atoms with Gasteiger partial charge in [0, 0.05) is 18.8 Å². The Morgan fingerprint density at radius 1 is 1.00 bits per heavy atom. The van der Waals surface area contributed by atoms with Gasteiger partial charge < -0.3 is 20.3 Å². The van der Waals surface area contributed by atoms with Crippen molar-refractivity contribution in [2.24, 2.45) is 0 Å². The molecule has 0 bridgehead atoms. The molecule has 0 aliphatic carbocycles. The van der Waals surface area contributed by atoms with E-state index in [9.17, 15) is 4.79 Å². The number of carbonyl (C=O) groups excluding carboxylic acids is 1. The summed E-state index contributed by atoms with van der Waals surface area (Å²) in [6.45, 7) is 1.99. The van der Waals surface area contributed by atoms with E-state index in [0.717, 1.165) is 30.3 Å². The Hall–Kier alpha value is -2.37. The maximum absolute atomic E-state index is 11.8. The standard InChI is InChI=1S/C18H23N3O2/c1-21(2)13-12-19-14-18(22)20-15-8-10-17(11-9-15)23-16-6-4-3-5-7-16/h3-11,19H,12-14H2,1-2H3,(H,20,22). The number of likely N-dealkylation sites (N-methyl/N-ethyl adjacent to an activating group) is 1. The summed E-state index contributed by atoms with van der Waals surface area (Å²) in [6, 6.07) is 16.9.